The van der Waals surface area contributed by atoms with Crippen molar-refractivity contribution in [3.63, 3.8) is 0 Å². The van der Waals surface area contributed by atoms with Gasteiger partial charge in [0, 0.05) is 45.8 Å². The SMILES string of the molecule is CC(C)n1ccc(CNCCC(=O)N(C)C)n1. The lowest BCUT2D eigenvalue weighted by Crippen LogP contribution is -2.26. The Balaban J connectivity index is 2.24. The van der Waals surface area contributed by atoms with Gasteiger partial charge in [0.25, 0.3) is 0 Å². The summed E-state index contributed by atoms with van der Waals surface area (Å²) in [5.41, 5.74) is 1.01. The van der Waals surface area contributed by atoms with E-state index in [1.807, 2.05) is 16.9 Å². The van der Waals surface area contributed by atoms with Gasteiger partial charge in [0.2, 0.25) is 5.91 Å². The fraction of sp³-hybridized carbons (Fsp3) is 0.667. The maximum Gasteiger partial charge on any atom is 0.223 e. The van der Waals surface area contributed by atoms with Crippen LogP contribution in [0.3, 0.4) is 0 Å². The number of nitrogens with zero attached hydrogens (tertiary/aromatic N) is 3. The van der Waals surface area contributed by atoms with Crippen LogP contribution in [-0.2, 0) is 11.3 Å². The summed E-state index contributed by atoms with van der Waals surface area (Å²) in [4.78, 5) is 12.9. The number of hydrogen-bond donors (Lipinski definition) is 1. The number of carbonyl (C=O) groups excluding carboxylic acids is 1. The minimum absolute atomic E-state index is 0.144. The smallest absolute Gasteiger partial charge is 0.223 e. The van der Waals surface area contributed by atoms with E-state index in [2.05, 4.69) is 24.3 Å². The molecule has 1 heterocycles. The minimum atomic E-state index is 0.144. The van der Waals surface area contributed by atoms with Gasteiger partial charge in [-0.3, -0.25) is 9.48 Å². The largest absolute Gasteiger partial charge is 0.349 e. The second-order valence-electron chi connectivity index (χ2n) is 4.60. The molecule has 0 unspecified atom stereocenters. The Bertz CT molecular complexity index is 357. The van der Waals surface area contributed by atoms with E-state index in [9.17, 15) is 4.79 Å². The summed E-state index contributed by atoms with van der Waals surface area (Å²) in [5.74, 6) is 0.144. The molecule has 5 heteroatoms. The normalized spacial score (nSPS) is 10.9. The van der Waals surface area contributed by atoms with Crippen molar-refractivity contribution in [3.8, 4) is 0 Å². The lowest BCUT2D eigenvalue weighted by molar-refractivity contribution is -0.128. The summed E-state index contributed by atoms with van der Waals surface area (Å²) in [6.07, 6.45) is 2.50. The van der Waals surface area contributed by atoms with Crippen LogP contribution in [0.15, 0.2) is 12.3 Å². The van der Waals surface area contributed by atoms with E-state index in [1.165, 1.54) is 0 Å². The molecule has 1 amide bonds. The molecule has 5 nitrogen and oxygen atoms in total. The van der Waals surface area contributed by atoms with Crippen LogP contribution < -0.4 is 5.32 Å². The highest BCUT2D eigenvalue weighted by Crippen LogP contribution is 2.03. The van der Waals surface area contributed by atoms with Gasteiger partial charge in [-0.1, -0.05) is 0 Å². The molecule has 0 atom stereocenters. The summed E-state index contributed by atoms with van der Waals surface area (Å²) in [6.45, 7) is 5.59. The van der Waals surface area contributed by atoms with Gasteiger partial charge >= 0.3 is 0 Å². The average molecular weight is 238 g/mol. The Hall–Kier alpha value is -1.36. The average Bonchev–Trinajstić information content (AvgIpc) is 2.72. The molecule has 1 rings (SSSR count). The van der Waals surface area contributed by atoms with Gasteiger partial charge in [-0.15, -0.1) is 0 Å². The Morgan fingerprint density at radius 3 is 2.76 bits per heavy atom. The van der Waals surface area contributed by atoms with Gasteiger partial charge in [0.15, 0.2) is 0 Å². The van der Waals surface area contributed by atoms with Crippen LogP contribution in [0, 0.1) is 0 Å². The van der Waals surface area contributed by atoms with E-state index in [4.69, 9.17) is 0 Å². The van der Waals surface area contributed by atoms with Crippen molar-refractivity contribution in [2.45, 2.75) is 32.9 Å². The Morgan fingerprint density at radius 1 is 1.53 bits per heavy atom. The van der Waals surface area contributed by atoms with Crippen molar-refractivity contribution in [2.75, 3.05) is 20.6 Å². The highest BCUT2D eigenvalue weighted by atomic mass is 16.2. The van der Waals surface area contributed by atoms with Gasteiger partial charge in [-0.25, -0.2) is 0 Å². The fourth-order valence-corrected chi connectivity index (χ4v) is 1.39. The lowest BCUT2D eigenvalue weighted by atomic mass is 10.3. The van der Waals surface area contributed by atoms with E-state index in [0.29, 0.717) is 25.6 Å². The van der Waals surface area contributed by atoms with Crippen molar-refractivity contribution in [1.29, 1.82) is 0 Å². The van der Waals surface area contributed by atoms with Crippen molar-refractivity contribution in [2.24, 2.45) is 0 Å². The Kier molecular flexibility index (Phi) is 5.15. The lowest BCUT2D eigenvalue weighted by Gasteiger charge is -2.10. The van der Waals surface area contributed by atoms with Crippen LogP contribution in [0.5, 0.6) is 0 Å². The Morgan fingerprint density at radius 2 is 2.24 bits per heavy atom. The number of nitrogens with one attached hydrogen (secondary N) is 1. The molecule has 0 saturated heterocycles. The predicted octanol–water partition coefficient (Wildman–Crippen LogP) is 1.03. The molecular weight excluding hydrogens is 216 g/mol. The third-order valence-corrected chi connectivity index (χ3v) is 2.51. The quantitative estimate of drug-likeness (QED) is 0.753. The first-order valence-corrected chi connectivity index (χ1v) is 5.95. The van der Waals surface area contributed by atoms with E-state index in [1.54, 1.807) is 19.0 Å². The molecule has 0 saturated carbocycles. The van der Waals surface area contributed by atoms with Gasteiger partial charge in [-0.05, 0) is 19.9 Å². The monoisotopic (exact) mass is 238 g/mol. The molecule has 1 N–H and O–H groups in total. The minimum Gasteiger partial charge on any atom is -0.349 e. The van der Waals surface area contributed by atoms with Crippen LogP contribution >= 0.6 is 0 Å². The Labute approximate surface area is 103 Å². The van der Waals surface area contributed by atoms with E-state index < -0.39 is 0 Å². The second kappa shape index (κ2) is 6.39. The van der Waals surface area contributed by atoms with Gasteiger partial charge in [-0.2, -0.15) is 5.10 Å². The maximum atomic E-state index is 11.3. The highest BCUT2D eigenvalue weighted by Gasteiger charge is 2.04. The first-order chi connectivity index (χ1) is 8.00. The van der Waals surface area contributed by atoms with Crippen molar-refractivity contribution in [3.05, 3.63) is 18.0 Å². The van der Waals surface area contributed by atoms with Gasteiger partial charge in [0.05, 0.1) is 5.69 Å². The summed E-state index contributed by atoms with van der Waals surface area (Å²) >= 11 is 0. The number of amides is 1. The molecule has 0 aromatic carbocycles. The van der Waals surface area contributed by atoms with Crippen LogP contribution in [0.4, 0.5) is 0 Å². The van der Waals surface area contributed by atoms with E-state index in [-0.39, 0.29) is 5.91 Å². The van der Waals surface area contributed by atoms with Crippen molar-refractivity contribution in [1.82, 2.24) is 20.0 Å². The van der Waals surface area contributed by atoms with Crippen LogP contribution in [0.1, 0.15) is 32.0 Å². The third-order valence-electron chi connectivity index (χ3n) is 2.51. The first kappa shape index (κ1) is 13.7. The summed E-state index contributed by atoms with van der Waals surface area (Å²) < 4.78 is 1.93. The number of hydrogen-bond acceptors (Lipinski definition) is 3. The molecule has 96 valence electrons. The van der Waals surface area contributed by atoms with Gasteiger partial charge < -0.3 is 10.2 Å². The van der Waals surface area contributed by atoms with Crippen molar-refractivity contribution >= 4 is 5.91 Å². The third kappa shape index (κ3) is 4.56. The molecule has 17 heavy (non-hydrogen) atoms. The zero-order valence-electron chi connectivity index (χ0n) is 11.1. The van der Waals surface area contributed by atoms with E-state index in [0.717, 1.165) is 5.69 Å². The maximum absolute atomic E-state index is 11.3. The molecule has 1 aromatic rings. The van der Waals surface area contributed by atoms with Crippen LogP contribution in [-0.4, -0.2) is 41.2 Å². The zero-order chi connectivity index (χ0) is 12.8. The molecule has 0 spiro atoms. The summed E-state index contributed by atoms with van der Waals surface area (Å²) in [7, 11) is 3.54. The molecular formula is C12H22N4O. The van der Waals surface area contributed by atoms with Gasteiger partial charge in [0.1, 0.15) is 0 Å². The second-order valence-corrected chi connectivity index (χ2v) is 4.60. The topological polar surface area (TPSA) is 50.2 Å². The standard InChI is InChI=1S/C12H22N4O/c1-10(2)16-8-6-11(14-16)9-13-7-5-12(17)15(3)4/h6,8,10,13H,5,7,9H2,1-4H3. The molecule has 0 radical (unpaired) electrons. The molecule has 0 aliphatic heterocycles. The number of carbonyl (C=O) groups is 1. The van der Waals surface area contributed by atoms with Crippen molar-refractivity contribution < 1.29 is 4.79 Å². The molecule has 0 aliphatic carbocycles. The molecule has 1 aromatic heterocycles. The number of rotatable bonds is 6. The molecule has 0 fully saturated rings. The van der Waals surface area contributed by atoms with Crippen LogP contribution in [0.2, 0.25) is 0 Å². The highest BCUT2D eigenvalue weighted by molar-refractivity contribution is 5.75. The van der Waals surface area contributed by atoms with Crippen LogP contribution in [0.25, 0.3) is 0 Å². The first-order valence-electron chi connectivity index (χ1n) is 5.95. The summed E-state index contributed by atoms with van der Waals surface area (Å²) in [6, 6.07) is 2.39. The van der Waals surface area contributed by atoms with E-state index >= 15 is 0 Å². The molecule has 0 aliphatic rings. The number of aromatic nitrogens is 2. The zero-order valence-corrected chi connectivity index (χ0v) is 11.1. The fourth-order valence-electron chi connectivity index (χ4n) is 1.39. The molecule has 0 bridgehead atoms. The predicted molar refractivity (Wildman–Crippen MR) is 67.6 cm³/mol. The summed E-state index contributed by atoms with van der Waals surface area (Å²) in [5, 5.41) is 7.64.